The Morgan fingerprint density at radius 3 is 2.03 bits per heavy atom. The van der Waals surface area contributed by atoms with E-state index in [1.165, 1.54) is 91.6 Å². The molecule has 5 atom stereocenters. The fraction of sp³-hybridized carbons (Fsp3) is 0.282. The summed E-state index contributed by atoms with van der Waals surface area (Å²) in [6.07, 6.45) is 9.08. The minimum absolute atomic E-state index is 0.00705. The molecule has 147 heavy (non-hydrogen) atoms. The third-order valence-corrected chi connectivity index (χ3v) is 30.1. The molecule has 8 heterocycles. The quantitative estimate of drug-likeness (QED) is 0.0208. The van der Waals surface area contributed by atoms with Crippen LogP contribution in [0.1, 0.15) is 118 Å². The average Bonchev–Trinajstić information content (AvgIpc) is 1.59. The van der Waals surface area contributed by atoms with Crippen LogP contribution in [0.3, 0.4) is 0 Å². The molecule has 4 saturated heterocycles. The maximum Gasteiger partial charge on any atom is 0.416 e. The van der Waals surface area contributed by atoms with Crippen molar-refractivity contribution in [2.24, 2.45) is 17.8 Å². The number of sulfonamides is 1. The van der Waals surface area contributed by atoms with Gasteiger partial charge in [0.2, 0.25) is 27.8 Å². The number of H-pyrrole nitrogens is 1. The lowest BCUT2D eigenvalue weighted by Crippen LogP contribution is -2.37. The van der Waals surface area contributed by atoms with Crippen LogP contribution in [0.25, 0.3) is 66.2 Å². The third-order valence-electron chi connectivity index (χ3n) is 27.0. The molecule has 0 radical (unpaired) electrons. The van der Waals surface area contributed by atoms with E-state index in [1.807, 2.05) is 57.3 Å². The molecule has 5 unspecified atom stereocenters. The number of carbonyl (C=O) groups is 4. The van der Waals surface area contributed by atoms with Gasteiger partial charge >= 0.3 is 11.8 Å². The second-order valence-corrected chi connectivity index (χ2v) is 40.4. The number of methoxy groups -OCH3 is 2. The fourth-order valence-corrected chi connectivity index (χ4v) is 21.5. The summed E-state index contributed by atoms with van der Waals surface area (Å²) >= 11 is 7.73. The molecule has 4 fully saturated rings. The zero-order chi connectivity index (χ0) is 104. The number of aromatic amines is 1. The van der Waals surface area contributed by atoms with Gasteiger partial charge < -0.3 is 58.6 Å². The number of benzene rings is 11. The first-order chi connectivity index (χ1) is 70.9. The van der Waals surface area contributed by atoms with Crippen LogP contribution in [0.2, 0.25) is 5.02 Å². The molecule has 4 amide bonds. The van der Waals surface area contributed by atoms with Gasteiger partial charge in [-0.1, -0.05) is 225 Å². The van der Waals surface area contributed by atoms with Gasteiger partial charge in [-0.25, -0.2) is 32.6 Å². The normalized spacial score (nSPS) is 16.6. The minimum Gasteiger partial charge on any atom is -0.496 e. The van der Waals surface area contributed by atoms with Gasteiger partial charge in [-0.3, -0.25) is 19.2 Å². The Morgan fingerprint density at radius 2 is 1.33 bits per heavy atom. The number of rotatable bonds is 25. The number of carbonyl (C=O) groups excluding carboxylic acids is 4. The van der Waals surface area contributed by atoms with E-state index in [4.69, 9.17) is 35.0 Å². The summed E-state index contributed by atoms with van der Waals surface area (Å²) in [6.45, 7) is 19.3. The highest BCUT2D eigenvalue weighted by atomic mass is 35.5. The molecule has 20 rings (SSSR count). The first kappa shape index (κ1) is 105. The molecular formula is C117H118ClF4N11O12S2. The molecule has 30 heteroatoms. The summed E-state index contributed by atoms with van der Waals surface area (Å²) in [4.78, 5) is 88.1. The number of hydrogen-bond acceptors (Lipinski definition) is 18. The molecule has 0 saturated carbocycles. The smallest absolute Gasteiger partial charge is 0.416 e. The van der Waals surface area contributed by atoms with E-state index >= 15 is 0 Å². The van der Waals surface area contributed by atoms with Crippen molar-refractivity contribution < 1.29 is 68.5 Å². The second-order valence-electron chi connectivity index (χ2n) is 37.2. The first-order valence-electron chi connectivity index (χ1n) is 49.2. The molecular weight excluding hydrogens is 1930 g/mol. The third kappa shape index (κ3) is 26.1. The number of ether oxygens (including phenoxy) is 4. The van der Waals surface area contributed by atoms with Crippen molar-refractivity contribution in [3.8, 4) is 61.8 Å². The lowest BCUT2D eigenvalue weighted by Gasteiger charge is -2.31. The van der Waals surface area contributed by atoms with Gasteiger partial charge in [0.15, 0.2) is 11.7 Å². The lowest BCUT2D eigenvalue weighted by atomic mass is 9.74. The van der Waals surface area contributed by atoms with E-state index in [2.05, 4.69) is 200 Å². The number of amides is 4. The van der Waals surface area contributed by atoms with Crippen molar-refractivity contribution in [2.75, 3.05) is 94.9 Å². The molecule has 0 bridgehead atoms. The van der Waals surface area contributed by atoms with E-state index in [9.17, 15) is 50.0 Å². The van der Waals surface area contributed by atoms with Crippen molar-refractivity contribution in [1.82, 2.24) is 39.4 Å². The van der Waals surface area contributed by atoms with Crippen LogP contribution in [-0.4, -0.2) is 152 Å². The second kappa shape index (κ2) is 48.1. The van der Waals surface area contributed by atoms with Gasteiger partial charge in [-0.15, -0.1) is 11.3 Å². The maximum absolute atomic E-state index is 14.0. The topological polar surface area (TPSA) is 264 Å². The highest BCUT2D eigenvalue weighted by Crippen LogP contribution is 2.52. The predicted molar refractivity (Wildman–Crippen MR) is 571 cm³/mol. The number of halogens is 5. The van der Waals surface area contributed by atoms with Crippen LogP contribution in [0.4, 0.5) is 34.3 Å². The van der Waals surface area contributed by atoms with Crippen LogP contribution < -0.4 is 40.3 Å². The van der Waals surface area contributed by atoms with Crippen molar-refractivity contribution in [2.45, 2.75) is 123 Å². The van der Waals surface area contributed by atoms with Gasteiger partial charge in [0.1, 0.15) is 34.3 Å². The molecule has 4 aromatic heterocycles. The summed E-state index contributed by atoms with van der Waals surface area (Å²) in [7, 11) is -0.524. The number of aryl methyl sites for hydroxylation is 6. The van der Waals surface area contributed by atoms with E-state index in [1.54, 1.807) is 110 Å². The maximum atomic E-state index is 14.0. The fourth-order valence-electron chi connectivity index (χ4n) is 19.1. The van der Waals surface area contributed by atoms with Gasteiger partial charge in [0.05, 0.1) is 71.4 Å². The summed E-state index contributed by atoms with van der Waals surface area (Å²) in [6, 6.07) is 78.9. The summed E-state index contributed by atoms with van der Waals surface area (Å²) in [5.41, 5.74) is 17.6. The van der Waals surface area contributed by atoms with Crippen LogP contribution in [-0.2, 0) is 54.9 Å². The van der Waals surface area contributed by atoms with Gasteiger partial charge in [-0.05, 0) is 211 Å². The summed E-state index contributed by atoms with van der Waals surface area (Å²) in [5.74, 6) is 2.41. The number of allylic oxidation sites excluding steroid dienone is 1. The number of thiazole rings is 1. The lowest BCUT2D eigenvalue weighted by molar-refractivity contribution is -0.137. The Bertz CT molecular complexity index is 7320. The number of alkyl halides is 3. The Balaban J connectivity index is 0.000000132. The Kier molecular flexibility index (Phi) is 34.5. The molecule has 4 aliphatic heterocycles. The minimum atomic E-state index is -4.38. The Labute approximate surface area is 862 Å². The number of aromatic nitrogens is 4. The molecule has 760 valence electrons. The Morgan fingerprint density at radius 1 is 0.653 bits per heavy atom. The number of anilines is 3. The molecule has 3 N–H and O–H groups in total. The van der Waals surface area contributed by atoms with Crippen LogP contribution in [0, 0.1) is 58.2 Å². The molecule has 15 aromatic rings. The SMILES string of the molecule is CCc1ccc(-c2cccc(-c3cc(=O)oc4cc(OC)cc(OC)c34)c2)cc1.Cc1ccc(-c2c(C3C4C=CCC(C)C4C(=O)N3Cc3ccccc3)ccc3ccccc23)cc1.Cc1ccc(OCC(=O)Nc2c(C)nc(N3CCCC3)nc2C)c(Cl)c1.Cc1ccc(S(=O)(=O)N2CCC(=O)N(CCOCc3ccc(C(F)(F)F)cc3)CC2)cc1.O=C(NC1CCN(c2nccs2)C1)c1cc(-c2ccc(F)cc2)c[nH]1. The van der Waals surface area contributed by atoms with Crippen molar-refractivity contribution in [1.29, 1.82) is 0 Å². The molecule has 23 nitrogen and oxygen atoms in total. The summed E-state index contributed by atoms with van der Waals surface area (Å²) in [5, 5.41) is 12.6. The largest absolute Gasteiger partial charge is 0.496 e. The highest BCUT2D eigenvalue weighted by Gasteiger charge is 2.51. The predicted octanol–water partition coefficient (Wildman–Crippen LogP) is 23.8. The van der Waals surface area contributed by atoms with E-state index in [-0.39, 0.29) is 105 Å². The van der Waals surface area contributed by atoms with Gasteiger partial charge in [0.25, 0.3) is 11.8 Å². The molecule has 11 aromatic carbocycles. The van der Waals surface area contributed by atoms with Crippen molar-refractivity contribution in [3.63, 3.8) is 0 Å². The standard InChI is InChI=1S/C33H31NO.C25H22O4.C22H25F3N2O4S.C19H23ClN4O2.C18H17FN4OS/c1-22-15-17-26(18-16-22)31-27-13-7-6-12-25(27)19-20-29(31)32-28-14-8-9-23(2)30(28)33(35)34(32)21-24-10-4-3-5-11-24;1-4-16-8-10-17(11-9-16)18-6-5-7-19(12-18)21-15-24(26)29-23-14-20(27-2)13-22(28-3)25(21)23;1-17-2-8-20(9-3-17)32(29,30)27-11-10-21(28)26(12-13-27)14-15-31-16-18-4-6-19(7-5-18)22(23,24)25;1-12-6-7-16(15(20)10-12)26-11-17(25)23-18-13(2)21-19(22-14(18)3)24-8-4-5-9-24;19-14-3-1-12(2-4-14)13-9-16(21-10-13)17(24)22-15-5-7-23(11-15)18-20-6-8-25-18/h3-8,10-20,23,28,30,32H,9,21H2,1-2H3;5-15H,4H2,1-3H3;2-9H,10-16H2,1H3;6-7,10H,4-5,8-9,11H2,1-3H3,(H,23,25);1-4,6,8-10,15,21H,5,7,11H2,(H,22,24). The Hall–Kier alpha value is -14.6. The average molecular weight is 2050 g/mol. The molecule has 5 aliphatic rings. The molecule has 1 aliphatic carbocycles. The van der Waals surface area contributed by atoms with Gasteiger partial charge in [-0.2, -0.15) is 17.5 Å². The zero-order valence-electron chi connectivity index (χ0n) is 83.4. The summed E-state index contributed by atoms with van der Waals surface area (Å²) < 4.78 is 105. The first-order valence-corrected chi connectivity index (χ1v) is 51.9. The monoisotopic (exact) mass is 2040 g/mol. The zero-order valence-corrected chi connectivity index (χ0v) is 85.8. The van der Waals surface area contributed by atoms with Crippen LogP contribution in [0.5, 0.6) is 17.2 Å². The number of nitrogens with one attached hydrogen (secondary N) is 3. The molecule has 0 spiro atoms. The number of likely N-dealkylation sites (tertiary alicyclic amines) is 1. The number of nitrogens with zero attached hydrogens (tertiary/aromatic N) is 8. The van der Waals surface area contributed by atoms with Crippen molar-refractivity contribution >= 4 is 95.1 Å². The van der Waals surface area contributed by atoms with Gasteiger partial charge in [0, 0.05) is 125 Å². The van der Waals surface area contributed by atoms with E-state index in [0.29, 0.717) is 63.2 Å². The number of hydrogen-bond donors (Lipinski definition) is 3. The highest BCUT2D eigenvalue weighted by molar-refractivity contribution is 7.89. The van der Waals surface area contributed by atoms with Crippen molar-refractivity contribution in [3.05, 3.63) is 368 Å². The van der Waals surface area contributed by atoms with E-state index in [0.717, 1.165) is 130 Å². The number of fused-ring (bicyclic) bond motifs is 3. The van der Waals surface area contributed by atoms with Crippen LogP contribution >= 0.6 is 22.9 Å². The van der Waals surface area contributed by atoms with Crippen LogP contribution in [0.15, 0.2) is 299 Å². The van der Waals surface area contributed by atoms with E-state index < -0.39 is 27.4 Å².